The van der Waals surface area contributed by atoms with E-state index in [0.717, 1.165) is 0 Å². The normalized spacial score (nSPS) is 21.4. The molecule has 3 rings (SSSR count). The first-order chi connectivity index (χ1) is 14.4. The number of aromatic nitrogens is 1. The molecule has 2 amide bonds. The van der Waals surface area contributed by atoms with Crippen LogP contribution < -0.4 is 20.5 Å². The quantitative estimate of drug-likeness (QED) is 0.604. The van der Waals surface area contributed by atoms with Gasteiger partial charge in [0.2, 0.25) is 5.88 Å². The summed E-state index contributed by atoms with van der Waals surface area (Å²) in [6, 6.07) is 3.87. The highest BCUT2D eigenvalue weighted by atomic mass is 19.4. The number of fused-ring (bicyclic) bond motifs is 1. The molecule has 0 aliphatic carbocycles. The molecule has 1 saturated heterocycles. The van der Waals surface area contributed by atoms with Crippen LogP contribution in [0.15, 0.2) is 24.4 Å². The number of alkyl halides is 3. The summed E-state index contributed by atoms with van der Waals surface area (Å²) in [4.78, 5) is 27.8. The second kappa shape index (κ2) is 8.22. The van der Waals surface area contributed by atoms with Crippen molar-refractivity contribution in [3.05, 3.63) is 30.0 Å². The van der Waals surface area contributed by atoms with Crippen LogP contribution in [-0.2, 0) is 4.79 Å². The Morgan fingerprint density at radius 2 is 2.13 bits per heavy atom. The second-order valence-corrected chi connectivity index (χ2v) is 7.73. The molecule has 168 valence electrons. The predicted octanol–water partition coefficient (Wildman–Crippen LogP) is 2.07. The SMILES string of the molecule is CC(C)Oc1cc2c(OCC3C[C@](O)(CC(F)(F)F)C(=O)N3)nccc2cc1C(N)=O. The van der Waals surface area contributed by atoms with Crippen LogP contribution >= 0.6 is 0 Å². The third-order valence-electron chi connectivity index (χ3n) is 4.71. The molecule has 1 unspecified atom stereocenters. The highest BCUT2D eigenvalue weighted by Crippen LogP contribution is 2.35. The van der Waals surface area contributed by atoms with Gasteiger partial charge in [0.25, 0.3) is 11.8 Å². The fourth-order valence-corrected chi connectivity index (χ4v) is 3.47. The lowest BCUT2D eigenvalue weighted by molar-refractivity contribution is -0.180. The minimum Gasteiger partial charge on any atom is -0.490 e. The Balaban J connectivity index is 1.82. The molecule has 1 aliphatic rings. The van der Waals surface area contributed by atoms with Crippen LogP contribution in [0.25, 0.3) is 10.8 Å². The van der Waals surface area contributed by atoms with Crippen LogP contribution in [-0.4, -0.2) is 52.4 Å². The number of aliphatic hydroxyl groups is 1. The molecule has 1 fully saturated rings. The van der Waals surface area contributed by atoms with E-state index in [0.29, 0.717) is 10.8 Å². The van der Waals surface area contributed by atoms with E-state index in [9.17, 15) is 27.9 Å². The van der Waals surface area contributed by atoms with Crippen LogP contribution in [0, 0.1) is 0 Å². The van der Waals surface area contributed by atoms with Gasteiger partial charge in [0.05, 0.1) is 24.1 Å². The molecule has 1 aliphatic heterocycles. The highest BCUT2D eigenvalue weighted by Gasteiger charge is 2.52. The zero-order chi connectivity index (χ0) is 23.0. The average Bonchev–Trinajstić information content (AvgIpc) is 2.90. The lowest BCUT2D eigenvalue weighted by Gasteiger charge is -2.21. The molecule has 0 spiro atoms. The van der Waals surface area contributed by atoms with Crippen molar-refractivity contribution in [1.29, 1.82) is 0 Å². The molecule has 4 N–H and O–H groups in total. The number of hydrogen-bond donors (Lipinski definition) is 3. The number of nitrogens with two attached hydrogens (primary N) is 1. The molecule has 1 aromatic heterocycles. The largest absolute Gasteiger partial charge is 0.490 e. The maximum absolute atomic E-state index is 12.7. The third-order valence-corrected chi connectivity index (χ3v) is 4.71. The number of primary amides is 1. The van der Waals surface area contributed by atoms with E-state index < -0.39 is 42.5 Å². The van der Waals surface area contributed by atoms with E-state index in [1.54, 1.807) is 26.0 Å². The number of nitrogens with one attached hydrogen (secondary N) is 1. The smallest absolute Gasteiger partial charge is 0.392 e. The Hall–Kier alpha value is -3.08. The lowest BCUT2D eigenvalue weighted by atomic mass is 9.95. The van der Waals surface area contributed by atoms with Gasteiger partial charge in [-0.2, -0.15) is 13.2 Å². The molecule has 11 heteroatoms. The number of ether oxygens (including phenoxy) is 2. The molecule has 2 atom stereocenters. The fraction of sp³-hybridized carbons (Fsp3) is 0.450. The number of pyridine rings is 1. The Labute approximate surface area is 175 Å². The second-order valence-electron chi connectivity index (χ2n) is 7.73. The van der Waals surface area contributed by atoms with Gasteiger partial charge in [-0.15, -0.1) is 0 Å². The Morgan fingerprint density at radius 3 is 2.74 bits per heavy atom. The number of nitrogens with zero attached hydrogens (tertiary/aromatic N) is 1. The van der Waals surface area contributed by atoms with Crippen LogP contribution in [0.5, 0.6) is 11.6 Å². The number of halogens is 3. The fourth-order valence-electron chi connectivity index (χ4n) is 3.47. The first-order valence-corrected chi connectivity index (χ1v) is 9.50. The van der Waals surface area contributed by atoms with Crippen LogP contribution in [0.3, 0.4) is 0 Å². The third kappa shape index (κ3) is 5.16. The van der Waals surface area contributed by atoms with Crippen molar-refractivity contribution in [3.63, 3.8) is 0 Å². The topological polar surface area (TPSA) is 124 Å². The maximum Gasteiger partial charge on any atom is 0.392 e. The van der Waals surface area contributed by atoms with Crippen LogP contribution in [0.4, 0.5) is 13.2 Å². The van der Waals surface area contributed by atoms with Crippen molar-refractivity contribution in [1.82, 2.24) is 10.3 Å². The number of benzene rings is 1. The summed E-state index contributed by atoms with van der Waals surface area (Å²) in [5.41, 5.74) is 3.08. The zero-order valence-corrected chi connectivity index (χ0v) is 16.8. The summed E-state index contributed by atoms with van der Waals surface area (Å²) in [6.07, 6.45) is -5.59. The van der Waals surface area contributed by atoms with Crippen molar-refractivity contribution in [2.24, 2.45) is 5.73 Å². The number of carbonyl (C=O) groups is 2. The summed E-state index contributed by atoms with van der Waals surface area (Å²) in [7, 11) is 0. The van der Waals surface area contributed by atoms with Gasteiger partial charge in [-0.05, 0) is 37.4 Å². The van der Waals surface area contributed by atoms with E-state index in [1.165, 1.54) is 12.3 Å². The van der Waals surface area contributed by atoms with Crippen molar-refractivity contribution < 1.29 is 37.3 Å². The first kappa shape index (κ1) is 22.6. The Kier molecular flexibility index (Phi) is 5.99. The lowest BCUT2D eigenvalue weighted by Crippen LogP contribution is -2.41. The molecule has 0 bridgehead atoms. The van der Waals surface area contributed by atoms with Gasteiger partial charge in [0.1, 0.15) is 12.4 Å². The molecule has 0 saturated carbocycles. The molecular formula is C20H22F3N3O5. The summed E-state index contributed by atoms with van der Waals surface area (Å²) < 4.78 is 49.3. The van der Waals surface area contributed by atoms with Gasteiger partial charge in [-0.1, -0.05) is 0 Å². The zero-order valence-electron chi connectivity index (χ0n) is 16.8. The molecule has 2 aromatic rings. The van der Waals surface area contributed by atoms with Gasteiger partial charge in [0, 0.05) is 18.0 Å². The van der Waals surface area contributed by atoms with Crippen molar-refractivity contribution in [2.45, 2.75) is 50.6 Å². The summed E-state index contributed by atoms with van der Waals surface area (Å²) in [5.74, 6) is -1.40. The van der Waals surface area contributed by atoms with Gasteiger partial charge >= 0.3 is 6.18 Å². The van der Waals surface area contributed by atoms with Crippen molar-refractivity contribution in [2.75, 3.05) is 6.61 Å². The molecular weight excluding hydrogens is 419 g/mol. The first-order valence-electron chi connectivity index (χ1n) is 9.50. The Bertz CT molecular complexity index is 1010. The number of hydrogen-bond acceptors (Lipinski definition) is 6. The van der Waals surface area contributed by atoms with Gasteiger partial charge < -0.3 is 25.6 Å². The van der Waals surface area contributed by atoms with E-state index >= 15 is 0 Å². The van der Waals surface area contributed by atoms with Crippen LogP contribution in [0.1, 0.15) is 37.0 Å². The number of amides is 2. The van der Waals surface area contributed by atoms with Gasteiger partial charge in [0.15, 0.2) is 5.60 Å². The van der Waals surface area contributed by atoms with Crippen LogP contribution in [0.2, 0.25) is 0 Å². The minimum atomic E-state index is -4.69. The molecule has 0 radical (unpaired) electrons. The minimum absolute atomic E-state index is 0.127. The predicted molar refractivity (Wildman–Crippen MR) is 104 cm³/mol. The maximum atomic E-state index is 12.7. The molecule has 1 aromatic carbocycles. The molecule has 2 heterocycles. The van der Waals surface area contributed by atoms with Gasteiger partial charge in [-0.3, -0.25) is 9.59 Å². The summed E-state index contributed by atoms with van der Waals surface area (Å²) in [5, 5.41) is 13.5. The summed E-state index contributed by atoms with van der Waals surface area (Å²) in [6.45, 7) is 3.34. The number of carbonyl (C=O) groups excluding carboxylic acids is 2. The number of rotatable bonds is 7. The Morgan fingerprint density at radius 1 is 1.42 bits per heavy atom. The van der Waals surface area contributed by atoms with Crippen molar-refractivity contribution >= 4 is 22.6 Å². The van der Waals surface area contributed by atoms with Gasteiger partial charge in [-0.25, -0.2) is 4.98 Å². The molecule has 8 nitrogen and oxygen atoms in total. The van der Waals surface area contributed by atoms with E-state index in [-0.39, 0.29) is 29.9 Å². The monoisotopic (exact) mass is 441 g/mol. The summed E-state index contributed by atoms with van der Waals surface area (Å²) >= 11 is 0. The van der Waals surface area contributed by atoms with E-state index in [4.69, 9.17) is 15.2 Å². The van der Waals surface area contributed by atoms with E-state index in [2.05, 4.69) is 10.3 Å². The molecule has 31 heavy (non-hydrogen) atoms. The van der Waals surface area contributed by atoms with Crippen molar-refractivity contribution in [3.8, 4) is 11.6 Å². The van der Waals surface area contributed by atoms with E-state index in [1.807, 2.05) is 0 Å². The highest BCUT2D eigenvalue weighted by molar-refractivity contribution is 6.01. The standard InChI is InChI=1S/C20H22F3N3O5/c1-10(2)31-15-6-13-11(5-14(15)16(24)27)3-4-25-17(13)30-8-12-7-19(29,18(28)26-12)9-20(21,22)23/h3-6,10,12,29H,7-9H2,1-2H3,(H2,24,27)(H,26,28)/t12?,19-/m0/s1. The average molecular weight is 441 g/mol.